The molecule has 1 fully saturated rings. The fourth-order valence-electron chi connectivity index (χ4n) is 2.80. The van der Waals surface area contributed by atoms with Gasteiger partial charge in [-0.1, -0.05) is 13.8 Å². The molecule has 2 aromatic rings. The summed E-state index contributed by atoms with van der Waals surface area (Å²) in [6.07, 6.45) is 1.65. The molecule has 0 unspecified atom stereocenters. The molecule has 6 heteroatoms. The fourth-order valence-corrected chi connectivity index (χ4v) is 2.80. The van der Waals surface area contributed by atoms with Crippen LogP contribution >= 0.6 is 0 Å². The molecular weight excluding hydrogens is 288 g/mol. The van der Waals surface area contributed by atoms with Crippen LogP contribution in [0.15, 0.2) is 18.5 Å². The molecule has 2 aromatic heterocycles. The third-order valence-electron chi connectivity index (χ3n) is 4.48. The van der Waals surface area contributed by atoms with E-state index in [-0.39, 0.29) is 0 Å². The van der Waals surface area contributed by atoms with Gasteiger partial charge in [0.2, 0.25) is 0 Å². The van der Waals surface area contributed by atoms with E-state index in [0.29, 0.717) is 5.92 Å². The van der Waals surface area contributed by atoms with Gasteiger partial charge in [-0.25, -0.2) is 9.97 Å². The number of nitrogens with zero attached hydrogens (tertiary/aromatic N) is 6. The largest absolute Gasteiger partial charge is 0.353 e. The van der Waals surface area contributed by atoms with Crippen molar-refractivity contribution >= 4 is 11.6 Å². The van der Waals surface area contributed by atoms with Crippen molar-refractivity contribution in [3.63, 3.8) is 0 Å². The zero-order valence-electron chi connectivity index (χ0n) is 14.3. The lowest BCUT2D eigenvalue weighted by molar-refractivity contribution is 0.633. The van der Waals surface area contributed by atoms with E-state index in [1.54, 1.807) is 6.33 Å². The smallest absolute Gasteiger partial charge is 0.151 e. The van der Waals surface area contributed by atoms with Gasteiger partial charge in [0.15, 0.2) is 5.82 Å². The van der Waals surface area contributed by atoms with Crippen LogP contribution in [0.3, 0.4) is 0 Å². The van der Waals surface area contributed by atoms with E-state index in [1.165, 1.54) is 5.56 Å². The maximum Gasteiger partial charge on any atom is 0.151 e. The highest BCUT2D eigenvalue weighted by atomic mass is 15.3. The fraction of sp³-hybridized carbons (Fsp3) is 0.529. The summed E-state index contributed by atoms with van der Waals surface area (Å²) in [5.41, 5.74) is 3.26. The molecule has 0 atom stereocenters. The number of piperazine rings is 1. The number of aromatic nitrogens is 4. The molecule has 122 valence electrons. The van der Waals surface area contributed by atoms with Crippen molar-refractivity contribution in [2.45, 2.75) is 33.6 Å². The molecule has 0 bridgehead atoms. The first-order chi connectivity index (χ1) is 11.1. The Balaban J connectivity index is 1.67. The summed E-state index contributed by atoms with van der Waals surface area (Å²) in [7, 11) is 0. The SMILES string of the molecule is Cc1ncnc(N2CCN(c3ccc(C(C)C)nn3)CC2)c1C. The van der Waals surface area contributed by atoms with Crippen LogP contribution in [0.2, 0.25) is 0 Å². The van der Waals surface area contributed by atoms with E-state index >= 15 is 0 Å². The van der Waals surface area contributed by atoms with Crippen molar-refractivity contribution in [1.29, 1.82) is 0 Å². The summed E-state index contributed by atoms with van der Waals surface area (Å²) in [5.74, 6) is 2.43. The quantitative estimate of drug-likeness (QED) is 0.867. The monoisotopic (exact) mass is 312 g/mol. The Hall–Kier alpha value is -2.24. The van der Waals surface area contributed by atoms with Gasteiger partial charge in [-0.3, -0.25) is 0 Å². The van der Waals surface area contributed by atoms with Crippen molar-refractivity contribution in [2.75, 3.05) is 36.0 Å². The minimum absolute atomic E-state index is 0.414. The molecule has 23 heavy (non-hydrogen) atoms. The third-order valence-corrected chi connectivity index (χ3v) is 4.48. The van der Waals surface area contributed by atoms with Crippen molar-refractivity contribution < 1.29 is 0 Å². The molecule has 3 heterocycles. The first-order valence-corrected chi connectivity index (χ1v) is 8.18. The van der Waals surface area contributed by atoms with E-state index < -0.39 is 0 Å². The molecule has 1 aliphatic rings. The highest BCUT2D eigenvalue weighted by Gasteiger charge is 2.21. The van der Waals surface area contributed by atoms with E-state index in [1.807, 2.05) is 6.92 Å². The topological polar surface area (TPSA) is 58.0 Å². The molecule has 0 radical (unpaired) electrons. The number of rotatable bonds is 3. The number of aryl methyl sites for hydroxylation is 1. The Labute approximate surface area is 137 Å². The van der Waals surface area contributed by atoms with Gasteiger partial charge in [0.25, 0.3) is 0 Å². The van der Waals surface area contributed by atoms with Crippen molar-refractivity contribution in [1.82, 2.24) is 20.2 Å². The van der Waals surface area contributed by atoms with Gasteiger partial charge in [-0.15, -0.1) is 5.10 Å². The van der Waals surface area contributed by atoms with Gasteiger partial charge in [-0.05, 0) is 31.9 Å². The van der Waals surface area contributed by atoms with E-state index in [0.717, 1.165) is 49.2 Å². The Morgan fingerprint density at radius 1 is 0.913 bits per heavy atom. The first kappa shape index (κ1) is 15.6. The molecule has 0 saturated carbocycles. The zero-order chi connectivity index (χ0) is 16.4. The van der Waals surface area contributed by atoms with Crippen LogP contribution in [0.4, 0.5) is 11.6 Å². The van der Waals surface area contributed by atoms with Gasteiger partial charge < -0.3 is 9.80 Å². The lowest BCUT2D eigenvalue weighted by atomic mass is 10.1. The Morgan fingerprint density at radius 2 is 1.61 bits per heavy atom. The molecule has 1 aliphatic heterocycles. The van der Waals surface area contributed by atoms with Crippen LogP contribution in [0.25, 0.3) is 0 Å². The zero-order valence-corrected chi connectivity index (χ0v) is 14.3. The molecule has 0 aliphatic carbocycles. The van der Waals surface area contributed by atoms with Gasteiger partial charge in [-0.2, -0.15) is 5.10 Å². The first-order valence-electron chi connectivity index (χ1n) is 8.18. The van der Waals surface area contributed by atoms with Crippen molar-refractivity contribution in [3.8, 4) is 0 Å². The molecule has 0 spiro atoms. The summed E-state index contributed by atoms with van der Waals surface area (Å²) < 4.78 is 0. The average molecular weight is 312 g/mol. The number of hydrogen-bond donors (Lipinski definition) is 0. The standard InChI is InChI=1S/C17H24N6/c1-12(2)15-5-6-16(21-20-15)22-7-9-23(10-8-22)17-13(3)14(4)18-11-19-17/h5-6,11-12H,7-10H2,1-4H3. The second-order valence-electron chi connectivity index (χ2n) is 6.35. The summed E-state index contributed by atoms with van der Waals surface area (Å²) in [6.45, 7) is 12.1. The molecule has 0 aromatic carbocycles. The van der Waals surface area contributed by atoms with Crippen LogP contribution in [-0.4, -0.2) is 46.3 Å². The van der Waals surface area contributed by atoms with Crippen LogP contribution < -0.4 is 9.80 Å². The molecule has 1 saturated heterocycles. The second kappa shape index (κ2) is 6.48. The highest BCUT2D eigenvalue weighted by Crippen LogP contribution is 2.21. The Morgan fingerprint density at radius 3 is 2.22 bits per heavy atom. The van der Waals surface area contributed by atoms with Crippen molar-refractivity contribution in [2.24, 2.45) is 0 Å². The maximum absolute atomic E-state index is 4.46. The normalized spacial score (nSPS) is 15.3. The van der Waals surface area contributed by atoms with Crippen LogP contribution in [0, 0.1) is 13.8 Å². The van der Waals surface area contributed by atoms with Gasteiger partial charge >= 0.3 is 0 Å². The predicted octanol–water partition coefficient (Wildman–Crippen LogP) is 2.33. The number of anilines is 2. The van der Waals surface area contributed by atoms with E-state index in [4.69, 9.17) is 0 Å². The van der Waals surface area contributed by atoms with Gasteiger partial charge in [0.1, 0.15) is 12.1 Å². The average Bonchev–Trinajstić information content (AvgIpc) is 2.58. The Kier molecular flexibility index (Phi) is 4.41. The summed E-state index contributed by atoms with van der Waals surface area (Å²) in [5, 5.41) is 8.72. The third kappa shape index (κ3) is 3.25. The molecule has 0 N–H and O–H groups in total. The summed E-state index contributed by atoms with van der Waals surface area (Å²) >= 11 is 0. The second-order valence-corrected chi connectivity index (χ2v) is 6.35. The summed E-state index contributed by atoms with van der Waals surface area (Å²) in [6, 6.07) is 4.16. The predicted molar refractivity (Wildman–Crippen MR) is 92.1 cm³/mol. The van der Waals surface area contributed by atoms with Crippen LogP contribution in [0.5, 0.6) is 0 Å². The molecular formula is C17H24N6. The molecule has 0 amide bonds. The Bertz CT molecular complexity index is 659. The minimum Gasteiger partial charge on any atom is -0.353 e. The summed E-state index contributed by atoms with van der Waals surface area (Å²) in [4.78, 5) is 13.3. The highest BCUT2D eigenvalue weighted by molar-refractivity contribution is 5.50. The van der Waals surface area contributed by atoms with Crippen molar-refractivity contribution in [3.05, 3.63) is 35.4 Å². The van der Waals surface area contributed by atoms with Crippen LogP contribution in [-0.2, 0) is 0 Å². The van der Waals surface area contributed by atoms with E-state index in [9.17, 15) is 0 Å². The molecule has 6 nitrogen and oxygen atoms in total. The molecule has 3 rings (SSSR count). The van der Waals surface area contributed by atoms with Gasteiger partial charge in [0.05, 0.1) is 5.69 Å². The van der Waals surface area contributed by atoms with E-state index in [2.05, 4.69) is 62.9 Å². The lowest BCUT2D eigenvalue weighted by Crippen LogP contribution is -2.47. The maximum atomic E-state index is 4.46. The lowest BCUT2D eigenvalue weighted by Gasteiger charge is -2.36. The minimum atomic E-state index is 0.414. The number of hydrogen-bond acceptors (Lipinski definition) is 6. The van der Waals surface area contributed by atoms with Crippen LogP contribution in [0.1, 0.15) is 36.7 Å². The van der Waals surface area contributed by atoms with Gasteiger partial charge in [0, 0.05) is 37.4 Å².